The van der Waals surface area contributed by atoms with Gasteiger partial charge in [0.15, 0.2) is 0 Å². The largest absolute Gasteiger partial charge is 0.387 e. The second-order valence-electron chi connectivity index (χ2n) is 5.72. The molecule has 2 aromatic carbocycles. The first kappa shape index (κ1) is 16.8. The maximum Gasteiger partial charge on any atom is 0.269 e. The zero-order valence-corrected chi connectivity index (χ0v) is 13.5. The molecular formula is C18H16FN3O3. The highest BCUT2D eigenvalue weighted by Crippen LogP contribution is 2.25. The average Bonchev–Trinajstić information content (AvgIpc) is 3.02. The zero-order chi connectivity index (χ0) is 18.0. The molecule has 1 unspecified atom stereocenters. The van der Waals surface area contributed by atoms with E-state index in [-0.39, 0.29) is 18.0 Å². The number of aryl methyl sites for hydroxylation is 1. The van der Waals surface area contributed by atoms with E-state index in [1.807, 2.05) is 0 Å². The van der Waals surface area contributed by atoms with Crippen LogP contribution in [-0.4, -0.2) is 19.6 Å². The SMILES string of the molecule is Cc1cc(F)ccc1C(O)Cn1ccnc1-c1ccc([N+](=O)[O-])cc1. The molecule has 0 aliphatic rings. The number of hydrogen-bond acceptors (Lipinski definition) is 4. The van der Waals surface area contributed by atoms with Crippen LogP contribution in [0, 0.1) is 22.9 Å². The van der Waals surface area contributed by atoms with Crippen molar-refractivity contribution in [1.82, 2.24) is 9.55 Å². The van der Waals surface area contributed by atoms with Gasteiger partial charge in [0.1, 0.15) is 11.6 Å². The standard InChI is InChI=1S/C18H16FN3O3/c1-12-10-14(19)4-7-16(12)17(23)11-21-9-8-20-18(21)13-2-5-15(6-3-13)22(24)25/h2-10,17,23H,11H2,1H3. The number of hydrogen-bond donors (Lipinski definition) is 1. The van der Waals surface area contributed by atoms with Gasteiger partial charge in [0.05, 0.1) is 17.6 Å². The number of aromatic nitrogens is 2. The predicted molar refractivity (Wildman–Crippen MR) is 90.4 cm³/mol. The normalized spacial score (nSPS) is 12.1. The molecule has 6 nitrogen and oxygen atoms in total. The number of nitro groups is 1. The summed E-state index contributed by atoms with van der Waals surface area (Å²) in [7, 11) is 0. The molecular weight excluding hydrogens is 325 g/mol. The Morgan fingerprint density at radius 2 is 2.00 bits per heavy atom. The van der Waals surface area contributed by atoms with E-state index < -0.39 is 11.0 Å². The average molecular weight is 341 g/mol. The molecule has 25 heavy (non-hydrogen) atoms. The molecule has 0 radical (unpaired) electrons. The van der Waals surface area contributed by atoms with E-state index in [4.69, 9.17) is 0 Å². The Kier molecular flexibility index (Phi) is 4.58. The van der Waals surface area contributed by atoms with E-state index in [1.165, 1.54) is 24.3 Å². The number of aliphatic hydroxyl groups is 1. The van der Waals surface area contributed by atoms with Crippen LogP contribution >= 0.6 is 0 Å². The summed E-state index contributed by atoms with van der Waals surface area (Å²) in [5.74, 6) is 0.247. The third-order valence-corrected chi connectivity index (χ3v) is 4.01. The van der Waals surface area contributed by atoms with Crippen LogP contribution in [0.15, 0.2) is 54.9 Å². The lowest BCUT2D eigenvalue weighted by molar-refractivity contribution is -0.384. The fourth-order valence-electron chi connectivity index (χ4n) is 2.75. The molecule has 7 heteroatoms. The number of halogens is 1. The van der Waals surface area contributed by atoms with Crippen LogP contribution in [-0.2, 0) is 6.54 Å². The Morgan fingerprint density at radius 3 is 2.64 bits per heavy atom. The summed E-state index contributed by atoms with van der Waals surface area (Å²) >= 11 is 0. The number of nitrogens with zero attached hydrogens (tertiary/aromatic N) is 3. The van der Waals surface area contributed by atoms with Crippen LogP contribution in [0.1, 0.15) is 17.2 Å². The van der Waals surface area contributed by atoms with Gasteiger partial charge >= 0.3 is 0 Å². The molecule has 0 aliphatic heterocycles. The van der Waals surface area contributed by atoms with E-state index in [2.05, 4.69) is 4.98 Å². The Hall–Kier alpha value is -3.06. The number of benzene rings is 2. The molecule has 0 amide bonds. The minimum atomic E-state index is -0.827. The maximum atomic E-state index is 13.2. The van der Waals surface area contributed by atoms with Gasteiger partial charge in [-0.15, -0.1) is 0 Å². The Bertz CT molecular complexity index is 906. The van der Waals surface area contributed by atoms with E-state index in [0.29, 0.717) is 22.5 Å². The summed E-state index contributed by atoms with van der Waals surface area (Å²) in [6.07, 6.45) is 2.49. The van der Waals surface area contributed by atoms with Crippen LogP contribution in [0.4, 0.5) is 10.1 Å². The molecule has 1 heterocycles. The van der Waals surface area contributed by atoms with Gasteiger partial charge in [-0.1, -0.05) is 6.07 Å². The Morgan fingerprint density at radius 1 is 1.28 bits per heavy atom. The number of nitro benzene ring substituents is 1. The van der Waals surface area contributed by atoms with Crippen LogP contribution in [0.25, 0.3) is 11.4 Å². The predicted octanol–water partition coefficient (Wildman–Crippen LogP) is 3.64. The molecule has 128 valence electrons. The first-order valence-electron chi connectivity index (χ1n) is 7.66. The highest BCUT2D eigenvalue weighted by atomic mass is 19.1. The minimum absolute atomic E-state index is 0.00354. The van der Waals surface area contributed by atoms with Gasteiger partial charge in [-0.2, -0.15) is 0 Å². The summed E-state index contributed by atoms with van der Waals surface area (Å²) in [6, 6.07) is 10.3. The van der Waals surface area contributed by atoms with Crippen LogP contribution < -0.4 is 0 Å². The van der Waals surface area contributed by atoms with Gasteiger partial charge in [0.25, 0.3) is 5.69 Å². The van der Waals surface area contributed by atoms with Crippen molar-refractivity contribution in [3.8, 4) is 11.4 Å². The summed E-state index contributed by atoms with van der Waals surface area (Å²) in [4.78, 5) is 14.6. The van der Waals surface area contributed by atoms with E-state index in [9.17, 15) is 19.6 Å². The van der Waals surface area contributed by atoms with Crippen molar-refractivity contribution in [3.63, 3.8) is 0 Å². The molecule has 0 saturated carbocycles. The van der Waals surface area contributed by atoms with Crippen molar-refractivity contribution in [2.24, 2.45) is 0 Å². The minimum Gasteiger partial charge on any atom is -0.387 e. The first-order chi connectivity index (χ1) is 12.0. The summed E-state index contributed by atoms with van der Waals surface area (Å²) in [6.45, 7) is 1.98. The molecule has 1 N–H and O–H groups in total. The summed E-state index contributed by atoms with van der Waals surface area (Å²) in [5, 5.41) is 21.2. The van der Waals surface area contributed by atoms with Gasteiger partial charge in [0.2, 0.25) is 0 Å². The van der Waals surface area contributed by atoms with Crippen molar-refractivity contribution < 1.29 is 14.4 Å². The van der Waals surface area contributed by atoms with Crippen molar-refractivity contribution in [1.29, 1.82) is 0 Å². The van der Waals surface area contributed by atoms with Gasteiger partial charge in [0, 0.05) is 30.1 Å². The monoisotopic (exact) mass is 341 g/mol. The summed E-state index contributed by atoms with van der Waals surface area (Å²) in [5.41, 5.74) is 2.02. The zero-order valence-electron chi connectivity index (χ0n) is 13.5. The van der Waals surface area contributed by atoms with E-state index in [0.717, 1.165) is 0 Å². The van der Waals surface area contributed by atoms with Crippen molar-refractivity contribution in [2.75, 3.05) is 0 Å². The second-order valence-corrected chi connectivity index (χ2v) is 5.72. The Labute approximate surface area is 143 Å². The highest BCUT2D eigenvalue weighted by Gasteiger charge is 2.15. The van der Waals surface area contributed by atoms with E-state index in [1.54, 1.807) is 42.1 Å². The fourth-order valence-corrected chi connectivity index (χ4v) is 2.75. The molecule has 0 aliphatic carbocycles. The third-order valence-electron chi connectivity index (χ3n) is 4.01. The van der Waals surface area contributed by atoms with Crippen molar-refractivity contribution in [3.05, 3.63) is 81.9 Å². The number of non-ortho nitro benzene ring substituents is 1. The van der Waals surface area contributed by atoms with Gasteiger partial charge in [-0.05, 0) is 42.3 Å². The van der Waals surface area contributed by atoms with Crippen LogP contribution in [0.2, 0.25) is 0 Å². The number of imidazole rings is 1. The second kappa shape index (κ2) is 6.82. The molecule has 1 atom stereocenters. The van der Waals surface area contributed by atoms with Crippen LogP contribution in [0.3, 0.4) is 0 Å². The van der Waals surface area contributed by atoms with Crippen LogP contribution in [0.5, 0.6) is 0 Å². The Balaban J connectivity index is 1.85. The van der Waals surface area contributed by atoms with Crippen molar-refractivity contribution in [2.45, 2.75) is 19.6 Å². The summed E-state index contributed by atoms with van der Waals surface area (Å²) < 4.78 is 15.0. The molecule has 3 aromatic rings. The quantitative estimate of drug-likeness (QED) is 0.567. The molecule has 0 fully saturated rings. The smallest absolute Gasteiger partial charge is 0.269 e. The molecule has 0 bridgehead atoms. The lowest BCUT2D eigenvalue weighted by Crippen LogP contribution is -2.10. The number of rotatable bonds is 5. The molecule has 3 rings (SSSR count). The third kappa shape index (κ3) is 3.56. The fraction of sp³-hybridized carbons (Fsp3) is 0.167. The van der Waals surface area contributed by atoms with Crippen molar-refractivity contribution >= 4 is 5.69 Å². The topological polar surface area (TPSA) is 81.2 Å². The maximum absolute atomic E-state index is 13.2. The van der Waals surface area contributed by atoms with Gasteiger partial charge < -0.3 is 9.67 Å². The lowest BCUT2D eigenvalue weighted by Gasteiger charge is -2.16. The number of aliphatic hydroxyl groups excluding tert-OH is 1. The molecule has 0 saturated heterocycles. The first-order valence-corrected chi connectivity index (χ1v) is 7.66. The molecule has 1 aromatic heterocycles. The lowest BCUT2D eigenvalue weighted by atomic mass is 10.0. The van der Waals surface area contributed by atoms with E-state index >= 15 is 0 Å². The molecule has 0 spiro atoms. The van der Waals surface area contributed by atoms with Gasteiger partial charge in [-0.3, -0.25) is 10.1 Å². The highest BCUT2D eigenvalue weighted by molar-refractivity contribution is 5.57. The van der Waals surface area contributed by atoms with Gasteiger partial charge in [-0.25, -0.2) is 9.37 Å².